The Morgan fingerprint density at radius 2 is 1.53 bits per heavy atom. The maximum Gasteiger partial charge on any atom is 0.0816 e. The monoisotopic (exact) mass is 266 g/mol. The Morgan fingerprint density at radius 1 is 0.789 bits per heavy atom. The molecule has 2 rings (SSSR count). The van der Waals surface area contributed by atoms with Crippen LogP contribution in [0.25, 0.3) is 11.1 Å². The van der Waals surface area contributed by atoms with Crippen LogP contribution in [0.5, 0.6) is 0 Å². The first-order valence-electron chi connectivity index (χ1n) is 7.30. The van der Waals surface area contributed by atoms with Crippen molar-refractivity contribution in [2.75, 3.05) is 0 Å². The summed E-state index contributed by atoms with van der Waals surface area (Å²) in [5, 5.41) is 1.52. The molecule has 0 aliphatic carbocycles. The average Bonchev–Trinajstić information content (AvgIpc) is 2.48. The maximum atomic E-state index is 2.29. The van der Waals surface area contributed by atoms with E-state index in [1.165, 1.54) is 48.0 Å². The van der Waals surface area contributed by atoms with Gasteiger partial charge in [-0.05, 0) is 11.1 Å². The van der Waals surface area contributed by atoms with Crippen LogP contribution >= 0.6 is 0 Å². The summed E-state index contributed by atoms with van der Waals surface area (Å²) in [5.74, 6) is 0. The van der Waals surface area contributed by atoms with Gasteiger partial charge in [-0.2, -0.15) is 0 Å². The van der Waals surface area contributed by atoms with Gasteiger partial charge in [-0.15, -0.1) is 0 Å². The molecule has 0 fully saturated rings. The molecule has 0 atom stereocenters. The summed E-state index contributed by atoms with van der Waals surface area (Å²) in [6.07, 6.45) is 5.46. The van der Waals surface area contributed by atoms with Gasteiger partial charge in [0.15, 0.2) is 0 Å². The Kier molecular flexibility index (Phi) is 5.89. The zero-order valence-corrected chi connectivity index (χ0v) is 12.7. The Balaban J connectivity index is 2.01. The van der Waals surface area contributed by atoms with E-state index < -0.39 is 0 Å². The quantitative estimate of drug-likeness (QED) is 0.504. The van der Waals surface area contributed by atoms with Crippen LogP contribution in [0.4, 0.5) is 0 Å². The first-order chi connectivity index (χ1) is 9.42. The van der Waals surface area contributed by atoms with Crippen molar-refractivity contribution in [1.82, 2.24) is 0 Å². The van der Waals surface area contributed by atoms with Gasteiger partial charge in [0.1, 0.15) is 0 Å². The summed E-state index contributed by atoms with van der Waals surface area (Å²) in [6, 6.07) is 20.9. The third-order valence-corrected chi connectivity index (χ3v) is 4.78. The van der Waals surface area contributed by atoms with Crippen LogP contribution in [-0.2, 0) is 0 Å². The first-order valence-corrected chi connectivity index (χ1v) is 8.51. The van der Waals surface area contributed by atoms with Gasteiger partial charge in [-0.1, -0.05) is 98.4 Å². The van der Waals surface area contributed by atoms with Gasteiger partial charge >= 0.3 is 0 Å². The third kappa shape index (κ3) is 4.36. The molecule has 0 saturated heterocycles. The fraction of sp³-hybridized carbons (Fsp3) is 0.333. The van der Waals surface area contributed by atoms with Crippen molar-refractivity contribution in [2.45, 2.75) is 38.7 Å². The van der Waals surface area contributed by atoms with Crippen molar-refractivity contribution in [3.8, 4) is 11.1 Å². The highest BCUT2D eigenvalue weighted by atomic mass is 28.2. The lowest BCUT2D eigenvalue weighted by atomic mass is 10.1. The molecule has 2 aromatic rings. The highest BCUT2D eigenvalue weighted by molar-refractivity contribution is 6.55. The van der Waals surface area contributed by atoms with Gasteiger partial charge in [-0.25, -0.2) is 0 Å². The van der Waals surface area contributed by atoms with E-state index in [0.717, 1.165) is 9.52 Å². The van der Waals surface area contributed by atoms with E-state index in [-0.39, 0.29) is 0 Å². The van der Waals surface area contributed by atoms with Gasteiger partial charge in [0, 0.05) is 0 Å². The van der Waals surface area contributed by atoms with Crippen molar-refractivity contribution in [1.29, 1.82) is 0 Å². The third-order valence-electron chi connectivity index (χ3n) is 3.36. The minimum atomic E-state index is 0.940. The topological polar surface area (TPSA) is 0 Å². The number of hydrogen-bond acceptors (Lipinski definition) is 0. The van der Waals surface area contributed by atoms with Crippen LogP contribution in [-0.4, -0.2) is 9.52 Å². The molecular formula is C18H22Si. The minimum absolute atomic E-state index is 0.940. The Labute approximate surface area is 119 Å². The molecule has 0 saturated carbocycles. The van der Waals surface area contributed by atoms with E-state index in [2.05, 4.69) is 61.5 Å². The second-order valence-electron chi connectivity index (χ2n) is 4.90. The Hall–Kier alpha value is -1.34. The van der Waals surface area contributed by atoms with E-state index in [0.29, 0.717) is 0 Å². The van der Waals surface area contributed by atoms with E-state index in [4.69, 9.17) is 0 Å². The van der Waals surface area contributed by atoms with Crippen molar-refractivity contribution in [2.24, 2.45) is 0 Å². The molecule has 1 heteroatoms. The molecular weight excluding hydrogens is 244 g/mol. The van der Waals surface area contributed by atoms with E-state index >= 15 is 0 Å². The summed E-state index contributed by atoms with van der Waals surface area (Å²) in [5.41, 5.74) is 2.76. The number of hydrogen-bond donors (Lipinski definition) is 0. The second-order valence-corrected chi connectivity index (χ2v) is 6.29. The molecule has 19 heavy (non-hydrogen) atoms. The van der Waals surface area contributed by atoms with Crippen LogP contribution in [0, 0.1) is 0 Å². The molecule has 0 nitrogen and oxygen atoms in total. The Bertz CT molecular complexity index is 476. The van der Waals surface area contributed by atoms with E-state index in [1.54, 1.807) is 0 Å². The molecule has 2 radical (unpaired) electrons. The van der Waals surface area contributed by atoms with E-state index in [1.807, 2.05) is 0 Å². The molecule has 0 unspecified atom stereocenters. The first kappa shape index (κ1) is 14.1. The van der Waals surface area contributed by atoms with Gasteiger partial charge in [0.05, 0.1) is 9.52 Å². The summed E-state index contributed by atoms with van der Waals surface area (Å²) in [4.78, 5) is 0. The summed E-state index contributed by atoms with van der Waals surface area (Å²) in [6.45, 7) is 2.27. The van der Waals surface area contributed by atoms with Crippen LogP contribution in [0.15, 0.2) is 54.6 Å². The highest BCUT2D eigenvalue weighted by Crippen LogP contribution is 2.16. The SMILES string of the molecule is CCCCCC[Si]c1ccccc1-c1ccccc1. The number of benzene rings is 2. The van der Waals surface area contributed by atoms with Crippen LogP contribution in [0.2, 0.25) is 6.04 Å². The fourth-order valence-electron chi connectivity index (χ4n) is 2.28. The predicted molar refractivity (Wildman–Crippen MR) is 86.2 cm³/mol. The zero-order chi connectivity index (χ0) is 13.3. The van der Waals surface area contributed by atoms with Crippen LogP contribution in [0.1, 0.15) is 32.6 Å². The van der Waals surface area contributed by atoms with E-state index in [9.17, 15) is 0 Å². The number of unbranched alkanes of at least 4 members (excludes halogenated alkanes) is 3. The van der Waals surface area contributed by atoms with Crippen molar-refractivity contribution >= 4 is 14.7 Å². The lowest BCUT2D eigenvalue weighted by Crippen LogP contribution is -2.16. The largest absolute Gasteiger partial charge is 0.0816 e. The minimum Gasteiger partial charge on any atom is -0.0654 e. The van der Waals surface area contributed by atoms with Crippen molar-refractivity contribution in [3.05, 3.63) is 54.6 Å². The molecule has 0 N–H and O–H groups in total. The smallest absolute Gasteiger partial charge is 0.0654 e. The maximum absolute atomic E-state index is 2.29. The molecule has 0 spiro atoms. The molecule has 0 aromatic heterocycles. The molecule has 0 bridgehead atoms. The summed E-state index contributed by atoms with van der Waals surface area (Å²) in [7, 11) is 0.940. The van der Waals surface area contributed by atoms with Gasteiger partial charge in [-0.3, -0.25) is 0 Å². The molecule has 98 valence electrons. The van der Waals surface area contributed by atoms with Crippen molar-refractivity contribution < 1.29 is 0 Å². The average molecular weight is 266 g/mol. The fourth-order valence-corrected chi connectivity index (χ4v) is 3.61. The molecule has 2 aromatic carbocycles. The molecule has 0 aliphatic heterocycles. The van der Waals surface area contributed by atoms with Crippen LogP contribution in [0.3, 0.4) is 0 Å². The van der Waals surface area contributed by atoms with Gasteiger partial charge in [0.25, 0.3) is 0 Å². The zero-order valence-electron chi connectivity index (χ0n) is 11.7. The number of rotatable bonds is 7. The lowest BCUT2D eigenvalue weighted by molar-refractivity contribution is 0.701. The molecule has 0 heterocycles. The standard InChI is InChI=1S/C18H22Si/c1-2-3-4-10-15-19-18-14-9-8-13-17(18)16-11-6-5-7-12-16/h5-9,11-14H,2-4,10,15H2,1H3. The van der Waals surface area contributed by atoms with Gasteiger partial charge < -0.3 is 0 Å². The summed E-state index contributed by atoms with van der Waals surface area (Å²) < 4.78 is 0. The summed E-state index contributed by atoms with van der Waals surface area (Å²) >= 11 is 0. The second kappa shape index (κ2) is 7.95. The Morgan fingerprint density at radius 3 is 2.32 bits per heavy atom. The lowest BCUT2D eigenvalue weighted by Gasteiger charge is -2.09. The highest BCUT2D eigenvalue weighted by Gasteiger charge is 2.04. The van der Waals surface area contributed by atoms with Crippen LogP contribution < -0.4 is 5.19 Å². The predicted octanol–water partition coefficient (Wildman–Crippen LogP) is 4.68. The van der Waals surface area contributed by atoms with Gasteiger partial charge in [0.2, 0.25) is 0 Å². The molecule has 0 aliphatic rings. The normalized spacial score (nSPS) is 10.6. The molecule has 0 amide bonds. The van der Waals surface area contributed by atoms with Crippen molar-refractivity contribution in [3.63, 3.8) is 0 Å².